The fourth-order valence-electron chi connectivity index (χ4n) is 4.89. The molecule has 0 heterocycles. The van der Waals surface area contributed by atoms with E-state index in [0.717, 1.165) is 12.8 Å². The van der Waals surface area contributed by atoms with Crippen molar-refractivity contribution < 1.29 is 25.3 Å². The SMILES string of the molecule is CC(C)C1C2CCC1(C)C(O[NH+]([O-])O)C2CC(=O)O. The molecule has 3 N–H and O–H groups in total. The predicted octanol–water partition coefficient (Wildman–Crippen LogP) is 0.852. The van der Waals surface area contributed by atoms with Crippen molar-refractivity contribution in [2.75, 3.05) is 0 Å². The molecule has 6 unspecified atom stereocenters. The largest absolute Gasteiger partial charge is 0.566 e. The van der Waals surface area contributed by atoms with Gasteiger partial charge in [-0.2, -0.15) is 10.0 Å². The summed E-state index contributed by atoms with van der Waals surface area (Å²) in [5, 5.41) is 27.6. The zero-order chi connectivity index (χ0) is 14.4. The van der Waals surface area contributed by atoms with Gasteiger partial charge < -0.3 is 10.3 Å². The third-order valence-electron chi connectivity index (χ3n) is 5.18. The summed E-state index contributed by atoms with van der Waals surface area (Å²) < 4.78 is 0. The number of hydrogen-bond donors (Lipinski definition) is 3. The second kappa shape index (κ2) is 5.01. The van der Waals surface area contributed by atoms with E-state index in [2.05, 4.69) is 20.8 Å². The van der Waals surface area contributed by atoms with Crippen molar-refractivity contribution in [3.8, 4) is 0 Å². The molecule has 0 aromatic carbocycles. The number of carboxylic acid groups (broad SMARTS) is 1. The molecule has 2 rings (SSSR count). The quantitative estimate of drug-likeness (QED) is 0.646. The van der Waals surface area contributed by atoms with Crippen LogP contribution in [0.1, 0.15) is 40.0 Å². The highest BCUT2D eigenvalue weighted by atomic mass is 17.1. The van der Waals surface area contributed by atoms with Crippen LogP contribution in [-0.4, -0.2) is 22.4 Å². The van der Waals surface area contributed by atoms with Gasteiger partial charge in [0.2, 0.25) is 0 Å². The molecule has 0 aromatic rings. The Morgan fingerprint density at radius 3 is 2.68 bits per heavy atom. The summed E-state index contributed by atoms with van der Waals surface area (Å²) in [5.74, 6) is -0.0229. The Morgan fingerprint density at radius 1 is 1.58 bits per heavy atom. The Kier molecular flexibility index (Phi) is 3.88. The highest BCUT2D eigenvalue weighted by Gasteiger charge is 2.64. The maximum absolute atomic E-state index is 11.0. The lowest BCUT2D eigenvalue weighted by molar-refractivity contribution is -1.21. The van der Waals surface area contributed by atoms with Crippen molar-refractivity contribution in [2.24, 2.45) is 29.1 Å². The molecule has 2 saturated carbocycles. The van der Waals surface area contributed by atoms with E-state index in [1.54, 1.807) is 0 Å². The first-order valence-electron chi connectivity index (χ1n) is 6.88. The minimum Gasteiger partial charge on any atom is -0.566 e. The summed E-state index contributed by atoms with van der Waals surface area (Å²) in [6.07, 6.45) is 1.43. The third kappa shape index (κ3) is 2.38. The average molecular weight is 273 g/mol. The van der Waals surface area contributed by atoms with Crippen molar-refractivity contribution in [3.05, 3.63) is 5.21 Å². The van der Waals surface area contributed by atoms with Crippen LogP contribution in [0, 0.1) is 34.3 Å². The first-order valence-corrected chi connectivity index (χ1v) is 6.88. The van der Waals surface area contributed by atoms with Gasteiger partial charge in [0.1, 0.15) is 6.10 Å². The summed E-state index contributed by atoms with van der Waals surface area (Å²) in [5.41, 5.74) is -0.211. The van der Waals surface area contributed by atoms with E-state index in [0.29, 0.717) is 11.8 Å². The van der Waals surface area contributed by atoms with Crippen molar-refractivity contribution in [1.82, 2.24) is 0 Å². The number of quaternary nitrogens is 1. The monoisotopic (exact) mass is 273 g/mol. The molecule has 6 nitrogen and oxygen atoms in total. The number of carboxylic acids is 1. The molecule has 0 radical (unpaired) electrons. The fraction of sp³-hybridized carbons (Fsp3) is 0.923. The number of rotatable bonds is 5. The van der Waals surface area contributed by atoms with Gasteiger partial charge in [-0.1, -0.05) is 26.2 Å². The minimum absolute atomic E-state index is 0.00141. The molecular weight excluding hydrogens is 250 g/mol. The van der Waals surface area contributed by atoms with Crippen LogP contribution in [0.3, 0.4) is 0 Å². The van der Waals surface area contributed by atoms with Gasteiger partial charge in [0.15, 0.2) is 0 Å². The molecule has 19 heavy (non-hydrogen) atoms. The molecule has 2 fully saturated rings. The highest BCUT2D eigenvalue weighted by molar-refractivity contribution is 5.67. The Labute approximate surface area is 112 Å². The number of aliphatic carboxylic acids is 1. The zero-order valence-electron chi connectivity index (χ0n) is 11.6. The molecule has 0 amide bonds. The van der Waals surface area contributed by atoms with Crippen LogP contribution in [0.2, 0.25) is 0 Å². The van der Waals surface area contributed by atoms with Gasteiger partial charge in [0, 0.05) is 11.3 Å². The van der Waals surface area contributed by atoms with E-state index in [1.165, 1.54) is 0 Å². The summed E-state index contributed by atoms with van der Waals surface area (Å²) in [7, 11) is 0. The number of hydrogen-bond acceptors (Lipinski definition) is 4. The van der Waals surface area contributed by atoms with Crippen LogP contribution < -0.4 is 5.39 Å². The minimum atomic E-state index is -1.29. The van der Waals surface area contributed by atoms with E-state index in [4.69, 9.17) is 15.2 Å². The molecule has 0 aromatic heterocycles. The van der Waals surface area contributed by atoms with E-state index >= 15 is 0 Å². The van der Waals surface area contributed by atoms with E-state index in [1.807, 2.05) is 0 Å². The maximum Gasteiger partial charge on any atom is 0.303 e. The van der Waals surface area contributed by atoms with Crippen LogP contribution in [-0.2, 0) is 9.63 Å². The van der Waals surface area contributed by atoms with Crippen LogP contribution in [0.5, 0.6) is 0 Å². The molecule has 6 atom stereocenters. The topological polar surface area (TPSA) is 94.3 Å². The lowest BCUT2D eigenvalue weighted by Crippen LogP contribution is -3.04. The maximum atomic E-state index is 11.0. The predicted molar refractivity (Wildman–Crippen MR) is 65.9 cm³/mol. The van der Waals surface area contributed by atoms with Crippen LogP contribution in [0.25, 0.3) is 0 Å². The van der Waals surface area contributed by atoms with Gasteiger partial charge in [-0.3, -0.25) is 4.79 Å². The standard InChI is InChI=1S/C13H23NO5/c1-7(2)11-8-4-5-13(11,3)12(19-14(17)18)9(8)6-10(15)16/h7-9,11-12,14,17H,4-6H2,1-3H3,(H,15,16). The van der Waals surface area contributed by atoms with Crippen molar-refractivity contribution in [3.63, 3.8) is 0 Å². The van der Waals surface area contributed by atoms with Crippen LogP contribution in [0.15, 0.2) is 0 Å². The van der Waals surface area contributed by atoms with Gasteiger partial charge in [-0.05, 0) is 30.6 Å². The summed E-state index contributed by atoms with van der Waals surface area (Å²) in [6.45, 7) is 6.32. The van der Waals surface area contributed by atoms with Gasteiger partial charge in [-0.15, -0.1) is 0 Å². The Hall–Kier alpha value is -0.690. The number of fused-ring (bicyclic) bond motifs is 2. The lowest BCUT2D eigenvalue weighted by Gasteiger charge is -2.37. The Balaban J connectivity index is 2.29. The molecular formula is C13H23NO5. The van der Waals surface area contributed by atoms with Crippen LogP contribution in [0.4, 0.5) is 0 Å². The molecule has 2 bridgehead atoms. The van der Waals surface area contributed by atoms with Crippen molar-refractivity contribution >= 4 is 5.97 Å². The number of nitrogens with one attached hydrogen (secondary N) is 1. The smallest absolute Gasteiger partial charge is 0.303 e. The van der Waals surface area contributed by atoms with Gasteiger partial charge in [-0.25, -0.2) is 0 Å². The van der Waals surface area contributed by atoms with Crippen LogP contribution >= 0.6 is 0 Å². The summed E-state index contributed by atoms with van der Waals surface area (Å²) in [4.78, 5) is 16.1. The zero-order valence-corrected chi connectivity index (χ0v) is 11.6. The summed E-state index contributed by atoms with van der Waals surface area (Å²) in [6, 6.07) is 0. The molecule has 2 aliphatic carbocycles. The molecule has 0 spiro atoms. The second-order valence-electron chi connectivity index (χ2n) is 6.54. The Bertz CT molecular complexity index is 359. The molecule has 2 aliphatic rings. The van der Waals surface area contributed by atoms with E-state index in [9.17, 15) is 10.0 Å². The van der Waals surface area contributed by atoms with Crippen molar-refractivity contribution in [2.45, 2.75) is 46.1 Å². The first-order chi connectivity index (χ1) is 8.77. The van der Waals surface area contributed by atoms with Gasteiger partial charge >= 0.3 is 5.97 Å². The van der Waals surface area contributed by atoms with E-state index in [-0.39, 0.29) is 23.7 Å². The second-order valence-corrected chi connectivity index (χ2v) is 6.54. The van der Waals surface area contributed by atoms with Gasteiger partial charge in [0.25, 0.3) is 0 Å². The Morgan fingerprint density at radius 2 is 2.21 bits per heavy atom. The third-order valence-corrected chi connectivity index (χ3v) is 5.18. The van der Waals surface area contributed by atoms with E-state index < -0.39 is 17.5 Å². The van der Waals surface area contributed by atoms with Crippen molar-refractivity contribution in [1.29, 1.82) is 0 Å². The van der Waals surface area contributed by atoms with Gasteiger partial charge in [0.05, 0.1) is 6.42 Å². The summed E-state index contributed by atoms with van der Waals surface area (Å²) >= 11 is 0. The number of carbonyl (C=O) groups is 1. The molecule has 110 valence electrons. The molecule has 0 saturated heterocycles. The highest BCUT2D eigenvalue weighted by Crippen LogP contribution is 2.64. The fourth-order valence-corrected chi connectivity index (χ4v) is 4.89. The molecule has 6 heteroatoms. The normalized spacial score (nSPS) is 42.8. The molecule has 0 aliphatic heterocycles. The average Bonchev–Trinajstić information content (AvgIpc) is 2.69. The lowest BCUT2D eigenvalue weighted by atomic mass is 9.73. The first kappa shape index (κ1) is 14.7.